The van der Waals surface area contributed by atoms with Gasteiger partial charge in [0.1, 0.15) is 23.1 Å². The third-order valence-electron chi connectivity index (χ3n) is 11.8. The van der Waals surface area contributed by atoms with Crippen molar-refractivity contribution in [3.8, 4) is 11.5 Å². The van der Waals surface area contributed by atoms with Gasteiger partial charge >= 0.3 is 12.4 Å². The highest BCUT2D eigenvalue weighted by Gasteiger charge is 2.58. The maximum absolute atomic E-state index is 14.4. The molecule has 0 radical (unpaired) electrons. The minimum absolute atomic E-state index is 0.0933. The molecule has 18 heteroatoms. The molecule has 2 unspecified atom stereocenters. The van der Waals surface area contributed by atoms with Crippen LogP contribution in [0.2, 0.25) is 0 Å². The van der Waals surface area contributed by atoms with Crippen LogP contribution < -0.4 is 20.3 Å². The van der Waals surface area contributed by atoms with E-state index in [9.17, 15) is 60.0 Å². The summed E-state index contributed by atoms with van der Waals surface area (Å²) >= 11 is 0. The van der Waals surface area contributed by atoms with Crippen molar-refractivity contribution in [1.29, 1.82) is 0 Å². The number of halogens is 8. The number of methoxy groups -OCH3 is 3. The molecule has 0 fully saturated rings. The van der Waals surface area contributed by atoms with Gasteiger partial charge in [0, 0.05) is 52.5 Å². The average molecular weight is 949 g/mol. The van der Waals surface area contributed by atoms with Gasteiger partial charge in [-0.1, -0.05) is 52.0 Å². The fraction of sp³-hybridized carbons (Fsp3) is 0.388. The number of rotatable bonds is 15. The number of nitrogens with zero attached hydrogens (tertiary/aromatic N) is 2. The first-order valence-electron chi connectivity index (χ1n) is 20.7. The highest BCUT2D eigenvalue weighted by atomic mass is 19.4. The van der Waals surface area contributed by atoms with Crippen LogP contribution >= 0.6 is 0 Å². The highest BCUT2D eigenvalue weighted by Crippen LogP contribution is 2.46. The molecule has 0 spiro atoms. The molecule has 3 N–H and O–H groups in total. The minimum Gasteiger partial charge on any atom is -0.496 e. The van der Waals surface area contributed by atoms with Crippen LogP contribution in [-0.2, 0) is 41.9 Å². The Morgan fingerprint density at radius 3 is 1.30 bits per heavy atom. The lowest BCUT2D eigenvalue weighted by Gasteiger charge is -2.39. The quantitative estimate of drug-likeness (QED) is 0.0869. The van der Waals surface area contributed by atoms with Crippen LogP contribution in [0.25, 0.3) is 21.8 Å². The second-order valence-corrected chi connectivity index (χ2v) is 17.7. The molecule has 0 amide bonds. The number of aliphatic hydroxyl groups excluding tert-OH is 1. The van der Waals surface area contributed by atoms with Gasteiger partial charge in [0.25, 0.3) is 0 Å². The van der Waals surface area contributed by atoms with Gasteiger partial charge in [-0.3, -0.25) is 9.59 Å². The summed E-state index contributed by atoms with van der Waals surface area (Å²) < 4.78 is 132. The SMILES string of the molecule is COCc1cn(CC(O)(CC(C)(C)c2cc(F)ccc2OC)C(F)(F)F)c2ccccc2c1=O.COc1ccc(F)cc1C(C)(C)CC(O)(Cn1cc(CO)c(=O)c2ccccc21)C(F)(F)F. The summed E-state index contributed by atoms with van der Waals surface area (Å²) in [4.78, 5) is 25.2. The number of hydrogen-bond acceptors (Lipinski definition) is 8. The number of fused-ring (bicyclic) bond motifs is 2. The molecular formula is C49H52F8N2O8. The Labute approximate surface area is 380 Å². The van der Waals surface area contributed by atoms with Crippen molar-refractivity contribution in [3.63, 3.8) is 0 Å². The van der Waals surface area contributed by atoms with Gasteiger partial charge in [0.15, 0.2) is 22.1 Å². The zero-order valence-electron chi connectivity index (χ0n) is 37.8. The van der Waals surface area contributed by atoms with Crippen molar-refractivity contribution in [3.05, 3.63) is 152 Å². The van der Waals surface area contributed by atoms with E-state index in [4.69, 9.17) is 14.2 Å². The highest BCUT2D eigenvalue weighted by molar-refractivity contribution is 5.80. The fourth-order valence-electron chi connectivity index (χ4n) is 8.57. The summed E-state index contributed by atoms with van der Waals surface area (Å²) in [6.45, 7) is 3.32. The van der Waals surface area contributed by atoms with Crippen molar-refractivity contribution in [2.24, 2.45) is 0 Å². The molecule has 2 aromatic heterocycles. The number of ether oxygens (including phenoxy) is 3. The van der Waals surface area contributed by atoms with Crippen LogP contribution in [0.5, 0.6) is 11.5 Å². The monoisotopic (exact) mass is 948 g/mol. The first-order chi connectivity index (χ1) is 31.2. The van der Waals surface area contributed by atoms with Crippen molar-refractivity contribution in [1.82, 2.24) is 9.13 Å². The zero-order valence-corrected chi connectivity index (χ0v) is 37.8. The Bertz CT molecular complexity index is 2840. The molecular weight excluding hydrogens is 897 g/mol. The number of para-hydroxylation sites is 2. The third-order valence-corrected chi connectivity index (χ3v) is 11.8. The van der Waals surface area contributed by atoms with Crippen LogP contribution in [0, 0.1) is 11.6 Å². The van der Waals surface area contributed by atoms with Crippen LogP contribution in [-0.4, -0.2) is 69.3 Å². The molecule has 0 aliphatic carbocycles. The second kappa shape index (κ2) is 19.8. The molecule has 362 valence electrons. The van der Waals surface area contributed by atoms with Gasteiger partial charge in [-0.2, -0.15) is 26.3 Å². The summed E-state index contributed by atoms with van der Waals surface area (Å²) in [6.07, 6.45) is -9.30. The van der Waals surface area contributed by atoms with Crippen LogP contribution in [0.3, 0.4) is 0 Å². The Balaban J connectivity index is 0.000000251. The van der Waals surface area contributed by atoms with Crippen molar-refractivity contribution in [2.75, 3.05) is 21.3 Å². The predicted molar refractivity (Wildman–Crippen MR) is 236 cm³/mol. The molecule has 4 aromatic carbocycles. The largest absolute Gasteiger partial charge is 0.496 e. The smallest absolute Gasteiger partial charge is 0.418 e. The number of alkyl halides is 6. The van der Waals surface area contributed by atoms with Crippen molar-refractivity contribution in [2.45, 2.75) is 101 Å². The Hall–Kier alpha value is -5.82. The molecule has 0 aliphatic heterocycles. The van der Waals surface area contributed by atoms with E-state index in [1.807, 2.05) is 0 Å². The van der Waals surface area contributed by atoms with E-state index in [1.165, 1.54) is 96.2 Å². The number of aromatic nitrogens is 2. The molecule has 67 heavy (non-hydrogen) atoms. The molecule has 0 aliphatic rings. The molecule has 6 rings (SSSR count). The van der Waals surface area contributed by atoms with E-state index >= 15 is 0 Å². The maximum Gasteiger partial charge on any atom is 0.418 e. The molecule has 0 saturated carbocycles. The summed E-state index contributed by atoms with van der Waals surface area (Å²) in [6, 6.07) is 19.4. The summed E-state index contributed by atoms with van der Waals surface area (Å²) in [5.41, 5.74) is -9.13. The number of hydrogen-bond donors (Lipinski definition) is 3. The van der Waals surface area contributed by atoms with Gasteiger partial charge in [-0.15, -0.1) is 0 Å². The molecule has 2 atom stereocenters. The minimum atomic E-state index is -5.06. The lowest BCUT2D eigenvalue weighted by Crippen LogP contribution is -2.52. The number of benzene rings is 4. The lowest BCUT2D eigenvalue weighted by atomic mass is 9.74. The topological polar surface area (TPSA) is 132 Å². The van der Waals surface area contributed by atoms with Crippen LogP contribution in [0.15, 0.2) is 107 Å². The predicted octanol–water partition coefficient (Wildman–Crippen LogP) is 9.26. The number of pyridine rings is 2. The van der Waals surface area contributed by atoms with Gasteiger partial charge < -0.3 is 38.7 Å². The van der Waals surface area contributed by atoms with E-state index in [2.05, 4.69) is 0 Å². The van der Waals surface area contributed by atoms with Crippen LogP contribution in [0.1, 0.15) is 62.8 Å². The van der Waals surface area contributed by atoms with Crippen molar-refractivity contribution >= 4 is 21.8 Å². The van der Waals surface area contributed by atoms with E-state index in [0.717, 1.165) is 35.0 Å². The molecule has 6 aromatic rings. The van der Waals surface area contributed by atoms with Gasteiger partial charge in [-0.05, 0) is 84.3 Å². The summed E-state index contributed by atoms with van der Waals surface area (Å²) in [5.74, 6) is -0.863. The lowest BCUT2D eigenvalue weighted by molar-refractivity contribution is -0.271. The Morgan fingerprint density at radius 1 is 0.567 bits per heavy atom. The maximum atomic E-state index is 14.4. The van der Waals surface area contributed by atoms with Gasteiger partial charge in [-0.25, -0.2) is 8.78 Å². The van der Waals surface area contributed by atoms with E-state index in [-0.39, 0.29) is 67.6 Å². The first kappa shape index (κ1) is 52.2. The van der Waals surface area contributed by atoms with E-state index < -0.39 is 84.0 Å². The molecule has 0 saturated heterocycles. The number of aliphatic hydroxyl groups is 3. The Morgan fingerprint density at radius 2 is 0.940 bits per heavy atom. The first-order valence-corrected chi connectivity index (χ1v) is 20.7. The summed E-state index contributed by atoms with van der Waals surface area (Å²) in [5, 5.41) is 32.0. The molecule has 0 bridgehead atoms. The van der Waals surface area contributed by atoms with Crippen LogP contribution in [0.4, 0.5) is 35.1 Å². The van der Waals surface area contributed by atoms with Crippen molar-refractivity contribution < 1.29 is 64.7 Å². The molecule has 2 heterocycles. The molecule has 10 nitrogen and oxygen atoms in total. The van der Waals surface area contributed by atoms with Gasteiger partial charge in [0.05, 0.1) is 51.6 Å². The second-order valence-electron chi connectivity index (χ2n) is 17.7. The summed E-state index contributed by atoms with van der Waals surface area (Å²) in [7, 11) is 4.04. The normalized spacial score (nSPS) is 14.3. The third kappa shape index (κ3) is 11.1. The van der Waals surface area contributed by atoms with E-state index in [1.54, 1.807) is 24.3 Å². The van der Waals surface area contributed by atoms with Gasteiger partial charge in [0.2, 0.25) is 0 Å². The fourth-order valence-corrected chi connectivity index (χ4v) is 8.57. The zero-order chi connectivity index (χ0) is 49.9. The standard InChI is InChI=1S/C25H27F4NO4.C24H25F4NO4/c1-23(2,19-11-17(26)9-10-21(19)34-4)14-24(32,25(27,28)29)15-30-12-16(13-33-3)22(31)18-7-5-6-8-20(18)30;1-22(2,18-10-16(25)8-9-20(18)33-3)13-23(32,24(26,27)28)14-29-11-15(12-30)21(31)17-6-4-5-7-19(17)29/h5-12,32H,13-15H2,1-4H3;4-11,30,32H,12-14H2,1-3H3. The van der Waals surface area contributed by atoms with E-state index in [0.29, 0.717) is 0 Å². The average Bonchev–Trinajstić information content (AvgIpc) is 3.25. The Kier molecular flexibility index (Phi) is 15.4.